The number of nitrogens with two attached hydrogens (primary N) is 1. The van der Waals surface area contributed by atoms with E-state index in [0.29, 0.717) is 0 Å². The molecule has 2 rings (SSSR count). The van der Waals surface area contributed by atoms with E-state index in [1.54, 1.807) is 4.90 Å². The van der Waals surface area contributed by atoms with Crippen LogP contribution in [-0.4, -0.2) is 54.2 Å². The summed E-state index contributed by atoms with van der Waals surface area (Å²) in [5.74, 6) is 0.0892. The lowest BCUT2D eigenvalue weighted by atomic mass is 9.88. The Kier molecular flexibility index (Phi) is 8.94. The molecule has 2 aliphatic rings. The Balaban J connectivity index is 0.00000162. The van der Waals surface area contributed by atoms with Gasteiger partial charge in [-0.15, -0.1) is 24.8 Å². The zero-order valence-electron chi connectivity index (χ0n) is 11.1. The molecule has 2 atom stereocenters. The summed E-state index contributed by atoms with van der Waals surface area (Å²) in [6, 6.07) is -0.740. The van der Waals surface area contributed by atoms with Crippen molar-refractivity contribution in [1.29, 1.82) is 0 Å². The van der Waals surface area contributed by atoms with Crippen LogP contribution >= 0.6 is 24.8 Å². The van der Waals surface area contributed by atoms with E-state index in [9.17, 15) is 9.90 Å². The third-order valence-electron chi connectivity index (χ3n) is 3.94. The second-order valence-electron chi connectivity index (χ2n) is 5.14. The van der Waals surface area contributed by atoms with Gasteiger partial charge in [0.2, 0.25) is 5.91 Å². The van der Waals surface area contributed by atoms with Crippen molar-refractivity contribution in [1.82, 2.24) is 10.2 Å². The predicted molar refractivity (Wildman–Crippen MR) is 79.9 cm³/mol. The number of hydrogen-bond donors (Lipinski definition) is 3. The second kappa shape index (κ2) is 8.97. The smallest absolute Gasteiger partial charge is 0.242 e. The Morgan fingerprint density at radius 2 is 1.74 bits per heavy atom. The van der Waals surface area contributed by atoms with Crippen molar-refractivity contribution in [3.8, 4) is 0 Å². The molecule has 2 heterocycles. The zero-order valence-corrected chi connectivity index (χ0v) is 12.7. The number of nitrogens with one attached hydrogen (secondary N) is 1. The monoisotopic (exact) mass is 313 g/mol. The first-order valence-corrected chi connectivity index (χ1v) is 6.63. The van der Waals surface area contributed by atoms with Crippen molar-refractivity contribution in [3.63, 3.8) is 0 Å². The molecule has 0 spiro atoms. The number of piperidine rings is 1. The van der Waals surface area contributed by atoms with Crippen LogP contribution in [-0.2, 0) is 4.79 Å². The van der Waals surface area contributed by atoms with Gasteiger partial charge in [0, 0.05) is 13.1 Å². The van der Waals surface area contributed by atoms with Crippen LogP contribution in [0.25, 0.3) is 0 Å². The summed E-state index contributed by atoms with van der Waals surface area (Å²) in [5.41, 5.74) is 5.91. The molecule has 19 heavy (non-hydrogen) atoms. The number of aliphatic hydroxyl groups is 1. The first-order chi connectivity index (χ1) is 8.20. The fourth-order valence-electron chi connectivity index (χ4n) is 2.77. The number of aliphatic hydroxyl groups excluding tert-OH is 1. The maximum absolute atomic E-state index is 12.1. The quantitative estimate of drug-likeness (QED) is 0.692. The minimum Gasteiger partial charge on any atom is -0.391 e. The summed E-state index contributed by atoms with van der Waals surface area (Å²) < 4.78 is 0. The van der Waals surface area contributed by atoms with Crippen LogP contribution < -0.4 is 11.1 Å². The first kappa shape index (κ1) is 18.9. The van der Waals surface area contributed by atoms with E-state index in [4.69, 9.17) is 5.73 Å². The first-order valence-electron chi connectivity index (χ1n) is 6.63. The maximum atomic E-state index is 12.1. The van der Waals surface area contributed by atoms with Crippen molar-refractivity contribution in [2.24, 2.45) is 11.7 Å². The van der Waals surface area contributed by atoms with E-state index in [-0.39, 0.29) is 36.6 Å². The van der Waals surface area contributed by atoms with Crippen LogP contribution in [0.4, 0.5) is 0 Å². The molecule has 114 valence electrons. The molecular formula is C12H25Cl2N3O2. The van der Waals surface area contributed by atoms with Crippen molar-refractivity contribution < 1.29 is 9.90 Å². The van der Waals surface area contributed by atoms with Gasteiger partial charge in [0.05, 0.1) is 6.10 Å². The van der Waals surface area contributed by atoms with Gasteiger partial charge >= 0.3 is 0 Å². The molecule has 1 amide bonds. The lowest BCUT2D eigenvalue weighted by Gasteiger charge is -2.31. The van der Waals surface area contributed by atoms with Gasteiger partial charge in [-0.2, -0.15) is 0 Å². The molecule has 0 aliphatic carbocycles. The topological polar surface area (TPSA) is 78.6 Å². The molecule has 7 heteroatoms. The zero-order chi connectivity index (χ0) is 12.3. The molecule has 2 aliphatic heterocycles. The Labute approximate surface area is 127 Å². The molecule has 4 N–H and O–H groups in total. The number of nitrogens with zero attached hydrogens (tertiary/aromatic N) is 1. The minimum atomic E-state index is -0.740. The summed E-state index contributed by atoms with van der Waals surface area (Å²) in [7, 11) is 0. The van der Waals surface area contributed by atoms with Crippen molar-refractivity contribution in [2.75, 3.05) is 26.2 Å². The van der Waals surface area contributed by atoms with Crippen LogP contribution in [0.3, 0.4) is 0 Å². The molecule has 5 nitrogen and oxygen atoms in total. The van der Waals surface area contributed by atoms with E-state index in [1.807, 2.05) is 0 Å². The van der Waals surface area contributed by atoms with Gasteiger partial charge in [0.25, 0.3) is 0 Å². The van der Waals surface area contributed by atoms with Gasteiger partial charge in [0.1, 0.15) is 6.04 Å². The fraction of sp³-hybridized carbons (Fsp3) is 0.917. The Morgan fingerprint density at radius 3 is 2.26 bits per heavy atom. The molecule has 0 aromatic carbocycles. The molecule has 0 radical (unpaired) electrons. The van der Waals surface area contributed by atoms with Crippen LogP contribution in [0.15, 0.2) is 0 Å². The Morgan fingerprint density at radius 1 is 1.21 bits per heavy atom. The van der Waals surface area contributed by atoms with Crippen molar-refractivity contribution in [3.05, 3.63) is 0 Å². The van der Waals surface area contributed by atoms with Crippen molar-refractivity contribution in [2.45, 2.75) is 37.8 Å². The number of likely N-dealkylation sites (tertiary alicyclic amines) is 1. The minimum absolute atomic E-state index is 0. The average molecular weight is 314 g/mol. The van der Waals surface area contributed by atoms with Crippen molar-refractivity contribution >= 4 is 30.7 Å². The maximum Gasteiger partial charge on any atom is 0.242 e. The summed E-state index contributed by atoms with van der Waals surface area (Å²) >= 11 is 0. The Bertz CT molecular complexity index is 270. The van der Waals surface area contributed by atoms with Gasteiger partial charge in [0.15, 0.2) is 0 Å². The van der Waals surface area contributed by atoms with Crippen LogP contribution in [0.2, 0.25) is 0 Å². The molecular weight excluding hydrogens is 289 g/mol. The number of carbonyl (C=O) groups is 1. The van der Waals surface area contributed by atoms with Gasteiger partial charge < -0.3 is 21.1 Å². The van der Waals surface area contributed by atoms with E-state index in [2.05, 4.69) is 5.32 Å². The molecule has 2 saturated heterocycles. The average Bonchev–Trinajstić information content (AvgIpc) is 2.91. The van der Waals surface area contributed by atoms with E-state index < -0.39 is 12.1 Å². The predicted octanol–water partition coefficient (Wildman–Crippen LogP) is 0.140. The molecule has 0 aromatic rings. The van der Waals surface area contributed by atoms with Crippen LogP contribution in [0.5, 0.6) is 0 Å². The molecule has 0 bridgehead atoms. The summed E-state index contributed by atoms with van der Waals surface area (Å²) in [6.07, 6.45) is 3.24. The number of amides is 1. The molecule has 0 aromatic heterocycles. The Hall–Kier alpha value is -0.0700. The second-order valence-corrected chi connectivity index (χ2v) is 5.14. The van der Waals surface area contributed by atoms with E-state index in [0.717, 1.165) is 51.9 Å². The summed E-state index contributed by atoms with van der Waals surface area (Å²) in [6.45, 7) is 3.41. The standard InChI is InChI=1S/C12H23N3O2.2ClH/c13-10(12(17)15-7-1-2-8-15)11(16)9-3-5-14-6-4-9;;/h9-11,14,16H,1-8,13H2;2*1H. The molecule has 2 unspecified atom stereocenters. The highest BCUT2D eigenvalue weighted by molar-refractivity contribution is 5.85. The number of rotatable bonds is 3. The third-order valence-corrected chi connectivity index (χ3v) is 3.94. The van der Waals surface area contributed by atoms with Gasteiger partial charge in [-0.05, 0) is 44.7 Å². The van der Waals surface area contributed by atoms with Gasteiger partial charge in [-0.25, -0.2) is 0 Å². The molecule has 0 saturated carbocycles. The van der Waals surface area contributed by atoms with Crippen LogP contribution in [0.1, 0.15) is 25.7 Å². The number of hydrogen-bond acceptors (Lipinski definition) is 4. The summed E-state index contributed by atoms with van der Waals surface area (Å²) in [5, 5.41) is 13.4. The molecule has 2 fully saturated rings. The highest BCUT2D eigenvalue weighted by Crippen LogP contribution is 2.20. The van der Waals surface area contributed by atoms with E-state index >= 15 is 0 Å². The number of halogens is 2. The lowest BCUT2D eigenvalue weighted by molar-refractivity contribution is -0.135. The van der Waals surface area contributed by atoms with Gasteiger partial charge in [-0.3, -0.25) is 4.79 Å². The van der Waals surface area contributed by atoms with Gasteiger partial charge in [-0.1, -0.05) is 0 Å². The summed E-state index contributed by atoms with van der Waals surface area (Å²) in [4.78, 5) is 13.8. The fourth-order valence-corrected chi connectivity index (χ4v) is 2.77. The van der Waals surface area contributed by atoms with E-state index in [1.165, 1.54) is 0 Å². The highest BCUT2D eigenvalue weighted by atomic mass is 35.5. The third kappa shape index (κ3) is 4.76. The number of carbonyl (C=O) groups excluding carboxylic acids is 1. The largest absolute Gasteiger partial charge is 0.391 e. The lowest BCUT2D eigenvalue weighted by Crippen LogP contribution is -2.53. The SMILES string of the molecule is Cl.Cl.NC(C(=O)N1CCCC1)C(O)C1CCNCC1. The highest BCUT2D eigenvalue weighted by Gasteiger charge is 2.33. The normalized spacial score (nSPS) is 23.2. The van der Waals surface area contributed by atoms with Crippen LogP contribution in [0, 0.1) is 5.92 Å².